The number of rotatable bonds is 2. The number of hydrogen-bond acceptors (Lipinski definition) is 4. The average Bonchev–Trinajstić information content (AvgIpc) is 2.46. The average molecular weight is 284 g/mol. The lowest BCUT2D eigenvalue weighted by Gasteiger charge is -2.21. The number of imide groups is 1. The summed E-state index contributed by atoms with van der Waals surface area (Å²) in [5.74, 6) is -2.24. The number of nitrogens with one attached hydrogen (secondary N) is 1. The number of hydrogen-bond donors (Lipinski definition) is 2. The standard InChI is InChI=1S/C15H12N2O4/c18-12-4-3-10(14(19)17-12)13-11-7-9(15(20)21)2-1-8(11)5-6-16-13/h1-2,5-7,10H,3-4H2,(H,20,21)(H,17,18,19). The van der Waals surface area contributed by atoms with Gasteiger partial charge in [-0.3, -0.25) is 19.9 Å². The van der Waals surface area contributed by atoms with Gasteiger partial charge in [-0.15, -0.1) is 0 Å². The van der Waals surface area contributed by atoms with Gasteiger partial charge in [0.25, 0.3) is 0 Å². The molecule has 106 valence electrons. The maximum absolute atomic E-state index is 12.0. The van der Waals surface area contributed by atoms with E-state index in [1.165, 1.54) is 12.1 Å². The minimum Gasteiger partial charge on any atom is -0.478 e. The van der Waals surface area contributed by atoms with Crippen LogP contribution in [0.1, 0.15) is 34.8 Å². The smallest absolute Gasteiger partial charge is 0.335 e. The topological polar surface area (TPSA) is 96.4 Å². The van der Waals surface area contributed by atoms with E-state index in [-0.39, 0.29) is 23.8 Å². The summed E-state index contributed by atoms with van der Waals surface area (Å²) in [6, 6.07) is 6.48. The quantitative estimate of drug-likeness (QED) is 0.814. The molecule has 1 aromatic carbocycles. The highest BCUT2D eigenvalue weighted by Gasteiger charge is 2.30. The normalized spacial score (nSPS) is 18.6. The zero-order valence-corrected chi connectivity index (χ0v) is 11.0. The minimum atomic E-state index is -1.03. The lowest BCUT2D eigenvalue weighted by molar-refractivity contribution is -0.134. The van der Waals surface area contributed by atoms with Crippen molar-refractivity contribution in [3.8, 4) is 0 Å². The molecule has 1 aliphatic rings. The second-order valence-corrected chi connectivity index (χ2v) is 4.94. The maximum atomic E-state index is 12.0. The Morgan fingerprint density at radius 2 is 2.10 bits per heavy atom. The summed E-state index contributed by atoms with van der Waals surface area (Å²) < 4.78 is 0. The monoisotopic (exact) mass is 284 g/mol. The van der Waals surface area contributed by atoms with Gasteiger partial charge in [0.2, 0.25) is 11.8 Å². The molecular formula is C15H12N2O4. The summed E-state index contributed by atoms with van der Waals surface area (Å²) in [7, 11) is 0. The van der Waals surface area contributed by atoms with Gasteiger partial charge in [0.15, 0.2) is 0 Å². The number of amides is 2. The van der Waals surface area contributed by atoms with Gasteiger partial charge in [-0.25, -0.2) is 4.79 Å². The number of carbonyl (C=O) groups excluding carboxylic acids is 2. The Kier molecular flexibility index (Phi) is 3.13. The summed E-state index contributed by atoms with van der Waals surface area (Å²) in [4.78, 5) is 38.5. The Morgan fingerprint density at radius 3 is 2.81 bits per heavy atom. The van der Waals surface area contributed by atoms with Crippen molar-refractivity contribution in [3.05, 3.63) is 41.7 Å². The van der Waals surface area contributed by atoms with E-state index in [4.69, 9.17) is 5.11 Å². The van der Waals surface area contributed by atoms with Crippen molar-refractivity contribution >= 4 is 28.6 Å². The van der Waals surface area contributed by atoms with Gasteiger partial charge >= 0.3 is 5.97 Å². The van der Waals surface area contributed by atoms with Crippen LogP contribution in [-0.4, -0.2) is 27.9 Å². The second kappa shape index (κ2) is 4.97. The van der Waals surface area contributed by atoms with Crippen LogP contribution in [0.5, 0.6) is 0 Å². The lowest BCUT2D eigenvalue weighted by Crippen LogP contribution is -2.39. The molecule has 6 nitrogen and oxygen atoms in total. The predicted octanol–water partition coefficient (Wildman–Crippen LogP) is 1.45. The molecular weight excluding hydrogens is 272 g/mol. The van der Waals surface area contributed by atoms with Crippen LogP contribution in [0.3, 0.4) is 0 Å². The Labute approximate surface area is 119 Å². The number of carboxylic acid groups (broad SMARTS) is 1. The number of aromatic nitrogens is 1. The molecule has 1 fully saturated rings. The van der Waals surface area contributed by atoms with Crippen LogP contribution in [0.4, 0.5) is 0 Å². The molecule has 3 rings (SSSR count). The van der Waals surface area contributed by atoms with Gasteiger partial charge in [-0.05, 0) is 30.0 Å². The molecule has 0 bridgehead atoms. The molecule has 2 N–H and O–H groups in total. The number of pyridine rings is 1. The van der Waals surface area contributed by atoms with Crippen molar-refractivity contribution in [3.63, 3.8) is 0 Å². The number of carboxylic acids is 1. The zero-order chi connectivity index (χ0) is 15.0. The van der Waals surface area contributed by atoms with E-state index in [2.05, 4.69) is 10.3 Å². The fourth-order valence-electron chi connectivity index (χ4n) is 2.56. The molecule has 2 heterocycles. The largest absolute Gasteiger partial charge is 0.478 e. The first-order chi connectivity index (χ1) is 10.1. The molecule has 1 unspecified atom stereocenters. The fourth-order valence-corrected chi connectivity index (χ4v) is 2.56. The number of benzene rings is 1. The van der Waals surface area contributed by atoms with Crippen molar-refractivity contribution in [2.75, 3.05) is 0 Å². The third-order valence-electron chi connectivity index (χ3n) is 3.61. The summed E-state index contributed by atoms with van der Waals surface area (Å²) in [6.07, 6.45) is 2.23. The lowest BCUT2D eigenvalue weighted by atomic mass is 9.91. The first kappa shape index (κ1) is 13.2. The maximum Gasteiger partial charge on any atom is 0.335 e. The minimum absolute atomic E-state index is 0.143. The van der Waals surface area contributed by atoms with E-state index >= 15 is 0 Å². The van der Waals surface area contributed by atoms with E-state index in [1.54, 1.807) is 18.3 Å². The number of nitrogens with zero attached hydrogens (tertiary/aromatic N) is 1. The molecule has 2 aromatic rings. The molecule has 1 atom stereocenters. The third-order valence-corrected chi connectivity index (χ3v) is 3.61. The van der Waals surface area contributed by atoms with E-state index in [1.807, 2.05) is 0 Å². The van der Waals surface area contributed by atoms with E-state index in [0.29, 0.717) is 17.5 Å². The zero-order valence-electron chi connectivity index (χ0n) is 11.0. The predicted molar refractivity (Wildman–Crippen MR) is 73.8 cm³/mol. The van der Waals surface area contributed by atoms with E-state index in [9.17, 15) is 14.4 Å². The molecule has 1 aromatic heterocycles. The van der Waals surface area contributed by atoms with Gasteiger partial charge < -0.3 is 5.11 Å². The second-order valence-electron chi connectivity index (χ2n) is 4.94. The van der Waals surface area contributed by atoms with Crippen molar-refractivity contribution in [1.29, 1.82) is 0 Å². The summed E-state index contributed by atoms with van der Waals surface area (Å²) in [5.41, 5.74) is 0.657. The molecule has 2 amide bonds. The SMILES string of the molecule is O=C1CCC(c2nccc3ccc(C(=O)O)cc23)C(=O)N1. The molecule has 0 radical (unpaired) electrons. The number of aromatic carboxylic acids is 1. The van der Waals surface area contributed by atoms with Crippen molar-refractivity contribution in [2.45, 2.75) is 18.8 Å². The Morgan fingerprint density at radius 1 is 1.29 bits per heavy atom. The highest BCUT2D eigenvalue weighted by molar-refractivity contribution is 6.03. The molecule has 1 aliphatic heterocycles. The van der Waals surface area contributed by atoms with Gasteiger partial charge in [-0.1, -0.05) is 6.07 Å². The van der Waals surface area contributed by atoms with Crippen LogP contribution < -0.4 is 5.32 Å². The summed E-state index contributed by atoms with van der Waals surface area (Å²) in [6.45, 7) is 0. The summed E-state index contributed by atoms with van der Waals surface area (Å²) in [5, 5.41) is 12.8. The Hall–Kier alpha value is -2.76. The highest BCUT2D eigenvalue weighted by atomic mass is 16.4. The first-order valence-corrected chi connectivity index (χ1v) is 6.52. The van der Waals surface area contributed by atoms with Crippen LogP contribution in [0.2, 0.25) is 0 Å². The molecule has 21 heavy (non-hydrogen) atoms. The van der Waals surface area contributed by atoms with Crippen LogP contribution >= 0.6 is 0 Å². The highest BCUT2D eigenvalue weighted by Crippen LogP contribution is 2.29. The molecule has 1 saturated heterocycles. The van der Waals surface area contributed by atoms with E-state index in [0.717, 1.165) is 5.39 Å². The Balaban J connectivity index is 2.13. The van der Waals surface area contributed by atoms with Gasteiger partial charge in [0.1, 0.15) is 0 Å². The van der Waals surface area contributed by atoms with Crippen LogP contribution in [0.15, 0.2) is 30.5 Å². The first-order valence-electron chi connectivity index (χ1n) is 6.52. The number of piperidine rings is 1. The number of carbonyl (C=O) groups is 3. The van der Waals surface area contributed by atoms with Gasteiger partial charge in [-0.2, -0.15) is 0 Å². The third kappa shape index (κ3) is 2.35. The van der Waals surface area contributed by atoms with Crippen molar-refractivity contribution in [2.24, 2.45) is 0 Å². The van der Waals surface area contributed by atoms with E-state index < -0.39 is 11.9 Å². The van der Waals surface area contributed by atoms with Crippen LogP contribution in [-0.2, 0) is 9.59 Å². The molecule has 0 aliphatic carbocycles. The Bertz CT molecular complexity index is 769. The molecule has 0 saturated carbocycles. The number of fused-ring (bicyclic) bond motifs is 1. The summed E-state index contributed by atoms with van der Waals surface area (Å²) >= 11 is 0. The van der Waals surface area contributed by atoms with Gasteiger partial charge in [0, 0.05) is 18.0 Å². The molecule has 6 heteroatoms. The van der Waals surface area contributed by atoms with Gasteiger partial charge in [0.05, 0.1) is 17.2 Å². The van der Waals surface area contributed by atoms with Crippen LogP contribution in [0, 0.1) is 0 Å². The fraction of sp³-hybridized carbons (Fsp3) is 0.200. The molecule has 0 spiro atoms. The van der Waals surface area contributed by atoms with Crippen molar-refractivity contribution in [1.82, 2.24) is 10.3 Å². The van der Waals surface area contributed by atoms with Crippen LogP contribution in [0.25, 0.3) is 10.8 Å². The van der Waals surface area contributed by atoms with Crippen molar-refractivity contribution < 1.29 is 19.5 Å².